The molecule has 6 heteroatoms. The molecule has 1 aromatic rings. The number of benzene rings is 1. The maximum Gasteiger partial charge on any atom is 0.332 e. The van der Waals surface area contributed by atoms with Crippen molar-refractivity contribution in [1.29, 1.82) is 0 Å². The highest BCUT2D eigenvalue weighted by atomic mass is 35.5. The van der Waals surface area contributed by atoms with Crippen molar-refractivity contribution in [2.24, 2.45) is 0 Å². The fourth-order valence-electron chi connectivity index (χ4n) is 1.60. The van der Waals surface area contributed by atoms with Crippen molar-refractivity contribution >= 4 is 29.3 Å². The van der Waals surface area contributed by atoms with E-state index in [0.29, 0.717) is 22.8 Å². The Bertz CT molecular complexity index is 555. The SMILES string of the molecule is Cc1ccc(NC(=O)NC2=CC(=O)OCC2)cc1Cl. The lowest BCUT2D eigenvalue weighted by atomic mass is 10.2. The van der Waals surface area contributed by atoms with Gasteiger partial charge in [-0.05, 0) is 24.6 Å². The molecule has 0 bridgehead atoms. The van der Waals surface area contributed by atoms with E-state index < -0.39 is 12.0 Å². The van der Waals surface area contributed by atoms with E-state index in [1.807, 2.05) is 13.0 Å². The molecule has 0 saturated heterocycles. The van der Waals surface area contributed by atoms with Crippen molar-refractivity contribution in [3.8, 4) is 0 Å². The Balaban J connectivity index is 1.97. The predicted octanol–water partition coefficient (Wildman–Crippen LogP) is 2.60. The highest BCUT2D eigenvalue weighted by molar-refractivity contribution is 6.31. The molecule has 0 radical (unpaired) electrons. The van der Waals surface area contributed by atoms with Crippen molar-refractivity contribution in [2.45, 2.75) is 13.3 Å². The molecule has 1 aliphatic rings. The molecule has 1 aliphatic heterocycles. The molecular formula is C13H13ClN2O3. The number of halogens is 1. The third-order valence-electron chi connectivity index (χ3n) is 2.61. The average Bonchev–Trinajstić information content (AvgIpc) is 2.34. The van der Waals surface area contributed by atoms with Crippen molar-refractivity contribution in [3.05, 3.63) is 40.6 Å². The number of aryl methyl sites for hydroxylation is 1. The molecule has 0 aromatic heterocycles. The zero-order valence-corrected chi connectivity index (χ0v) is 11.1. The number of nitrogens with one attached hydrogen (secondary N) is 2. The second kappa shape index (κ2) is 5.75. The molecule has 0 aliphatic carbocycles. The summed E-state index contributed by atoms with van der Waals surface area (Å²) >= 11 is 5.96. The van der Waals surface area contributed by atoms with Crippen LogP contribution in [0.4, 0.5) is 10.5 Å². The lowest BCUT2D eigenvalue weighted by Crippen LogP contribution is -2.30. The molecule has 0 saturated carbocycles. The number of esters is 1. The Kier molecular flexibility index (Phi) is 4.06. The number of hydrogen-bond donors (Lipinski definition) is 2. The summed E-state index contributed by atoms with van der Waals surface area (Å²) in [4.78, 5) is 22.7. The van der Waals surface area contributed by atoms with Crippen LogP contribution in [-0.4, -0.2) is 18.6 Å². The molecule has 19 heavy (non-hydrogen) atoms. The summed E-state index contributed by atoms with van der Waals surface area (Å²) in [5.74, 6) is -0.445. The average molecular weight is 281 g/mol. The molecule has 2 rings (SSSR count). The zero-order chi connectivity index (χ0) is 13.8. The summed E-state index contributed by atoms with van der Waals surface area (Å²) < 4.78 is 4.73. The third-order valence-corrected chi connectivity index (χ3v) is 3.02. The van der Waals surface area contributed by atoms with Crippen LogP contribution in [-0.2, 0) is 9.53 Å². The Morgan fingerprint density at radius 2 is 2.16 bits per heavy atom. The molecule has 100 valence electrons. The summed E-state index contributed by atoms with van der Waals surface area (Å²) in [6.07, 6.45) is 1.76. The van der Waals surface area contributed by atoms with Crippen LogP contribution in [0.5, 0.6) is 0 Å². The van der Waals surface area contributed by atoms with Crippen LogP contribution in [0.3, 0.4) is 0 Å². The van der Waals surface area contributed by atoms with Gasteiger partial charge in [-0.2, -0.15) is 0 Å². The molecule has 1 aromatic carbocycles. The number of hydrogen-bond acceptors (Lipinski definition) is 3. The van der Waals surface area contributed by atoms with Gasteiger partial charge in [-0.1, -0.05) is 17.7 Å². The summed E-state index contributed by atoms with van der Waals surface area (Å²) in [7, 11) is 0. The largest absolute Gasteiger partial charge is 0.462 e. The molecule has 0 fully saturated rings. The molecule has 0 spiro atoms. The fourth-order valence-corrected chi connectivity index (χ4v) is 1.78. The highest BCUT2D eigenvalue weighted by Crippen LogP contribution is 2.19. The number of carbonyl (C=O) groups is 2. The smallest absolute Gasteiger partial charge is 0.332 e. The molecule has 5 nitrogen and oxygen atoms in total. The van der Waals surface area contributed by atoms with Gasteiger partial charge in [0.05, 0.1) is 6.61 Å². The van der Waals surface area contributed by atoms with Crippen molar-refractivity contribution in [3.63, 3.8) is 0 Å². The lowest BCUT2D eigenvalue weighted by molar-refractivity contribution is -0.138. The van der Waals surface area contributed by atoms with Crippen LogP contribution in [0.15, 0.2) is 30.0 Å². The maximum absolute atomic E-state index is 11.7. The molecule has 2 amide bonds. The molecule has 0 atom stereocenters. The van der Waals surface area contributed by atoms with Crippen molar-refractivity contribution in [1.82, 2.24) is 5.32 Å². The zero-order valence-electron chi connectivity index (χ0n) is 10.3. The standard InChI is InChI=1S/C13H13ClN2O3/c1-8-2-3-9(6-11(8)14)15-13(18)16-10-4-5-19-12(17)7-10/h2-3,6-7H,4-5H2,1H3,(H2,15,16,18). The first kappa shape index (κ1) is 13.4. The number of amides is 2. The van der Waals surface area contributed by atoms with E-state index >= 15 is 0 Å². The summed E-state index contributed by atoms with van der Waals surface area (Å²) in [5.41, 5.74) is 2.06. The fraction of sp³-hybridized carbons (Fsp3) is 0.231. The lowest BCUT2D eigenvalue weighted by Gasteiger charge is -2.14. The monoisotopic (exact) mass is 280 g/mol. The molecule has 2 N–H and O–H groups in total. The van der Waals surface area contributed by atoms with Crippen molar-refractivity contribution in [2.75, 3.05) is 11.9 Å². The Morgan fingerprint density at radius 3 is 2.84 bits per heavy atom. The summed E-state index contributed by atoms with van der Waals surface area (Å²) in [5, 5.41) is 5.83. The van der Waals surface area contributed by atoms with E-state index in [-0.39, 0.29) is 6.61 Å². The first-order chi connectivity index (χ1) is 9.04. The van der Waals surface area contributed by atoms with E-state index in [9.17, 15) is 9.59 Å². The van der Waals surface area contributed by atoms with E-state index in [2.05, 4.69) is 10.6 Å². The summed E-state index contributed by atoms with van der Waals surface area (Å²) in [6, 6.07) is 4.82. The minimum atomic E-state index is -0.445. The van der Waals surface area contributed by atoms with Gasteiger partial charge in [-0.25, -0.2) is 9.59 Å². The van der Waals surface area contributed by atoms with Gasteiger partial charge in [-0.3, -0.25) is 0 Å². The third kappa shape index (κ3) is 3.72. The first-order valence-corrected chi connectivity index (χ1v) is 6.14. The van der Waals surface area contributed by atoms with Crippen molar-refractivity contribution < 1.29 is 14.3 Å². The number of urea groups is 1. The highest BCUT2D eigenvalue weighted by Gasteiger charge is 2.13. The van der Waals surface area contributed by atoms with Gasteiger partial charge >= 0.3 is 12.0 Å². The van der Waals surface area contributed by atoms with Gasteiger partial charge < -0.3 is 15.4 Å². The van der Waals surface area contributed by atoms with Crippen LogP contribution in [0, 0.1) is 6.92 Å². The normalized spacial score (nSPS) is 14.4. The van der Waals surface area contributed by atoms with E-state index in [4.69, 9.17) is 16.3 Å². The Morgan fingerprint density at radius 1 is 1.37 bits per heavy atom. The second-order valence-corrected chi connectivity index (χ2v) is 4.54. The Labute approximate surface area is 115 Å². The number of ether oxygens (including phenoxy) is 1. The van der Waals surface area contributed by atoms with Crippen LogP contribution in [0.1, 0.15) is 12.0 Å². The van der Waals surface area contributed by atoms with E-state index in [0.717, 1.165) is 5.56 Å². The van der Waals surface area contributed by atoms with Gasteiger partial charge in [0.2, 0.25) is 0 Å². The van der Waals surface area contributed by atoms with E-state index in [1.54, 1.807) is 12.1 Å². The van der Waals surface area contributed by atoms with Crippen LogP contribution in [0.25, 0.3) is 0 Å². The van der Waals surface area contributed by atoms with Crippen LogP contribution >= 0.6 is 11.6 Å². The van der Waals surface area contributed by atoms with Crippen LogP contribution in [0.2, 0.25) is 5.02 Å². The number of rotatable bonds is 2. The number of carbonyl (C=O) groups excluding carboxylic acids is 2. The Hall–Kier alpha value is -2.01. The topological polar surface area (TPSA) is 67.4 Å². The minimum absolute atomic E-state index is 0.279. The number of anilines is 1. The van der Waals surface area contributed by atoms with Gasteiger partial charge in [-0.15, -0.1) is 0 Å². The van der Waals surface area contributed by atoms with Crippen LogP contribution < -0.4 is 10.6 Å². The van der Waals surface area contributed by atoms with Gasteiger partial charge in [0.15, 0.2) is 0 Å². The van der Waals surface area contributed by atoms with Gasteiger partial charge in [0.1, 0.15) is 0 Å². The summed E-state index contributed by atoms with van der Waals surface area (Å²) in [6.45, 7) is 2.16. The maximum atomic E-state index is 11.7. The molecule has 1 heterocycles. The predicted molar refractivity (Wildman–Crippen MR) is 72.0 cm³/mol. The molecule has 0 unspecified atom stereocenters. The van der Waals surface area contributed by atoms with Gasteiger partial charge in [0, 0.05) is 28.9 Å². The quantitative estimate of drug-likeness (QED) is 0.818. The number of cyclic esters (lactones) is 1. The second-order valence-electron chi connectivity index (χ2n) is 4.13. The van der Waals surface area contributed by atoms with Gasteiger partial charge in [0.25, 0.3) is 0 Å². The molecular weight excluding hydrogens is 268 g/mol. The first-order valence-electron chi connectivity index (χ1n) is 5.76. The van der Waals surface area contributed by atoms with E-state index in [1.165, 1.54) is 6.08 Å². The minimum Gasteiger partial charge on any atom is -0.462 e.